The Bertz CT molecular complexity index is 2370. The van der Waals surface area contributed by atoms with Crippen LogP contribution in [0.4, 0.5) is 4.79 Å². The fourth-order valence-electron chi connectivity index (χ4n) is 10.5. The number of hydrogen-bond donors (Lipinski definition) is 3. The molecule has 1 aliphatic heterocycles. The van der Waals surface area contributed by atoms with Crippen LogP contribution in [0.5, 0.6) is 0 Å². The van der Waals surface area contributed by atoms with E-state index < -0.39 is 119 Å². The molecule has 11 atom stereocenters. The number of fused-ring (bicyclic) bond motifs is 5. The van der Waals surface area contributed by atoms with Crippen molar-refractivity contribution in [3.8, 4) is 0 Å². The van der Waals surface area contributed by atoms with E-state index in [9.17, 15) is 29.4 Å². The van der Waals surface area contributed by atoms with Crippen LogP contribution in [-0.2, 0) is 47.5 Å². The summed E-state index contributed by atoms with van der Waals surface area (Å²) >= 11 is 0. The molecule has 352 valence electrons. The van der Waals surface area contributed by atoms with Gasteiger partial charge in [0.1, 0.15) is 23.9 Å². The first-order valence-electron chi connectivity index (χ1n) is 22.0. The normalized spacial score (nSPS) is 30.7. The summed E-state index contributed by atoms with van der Waals surface area (Å²) < 4.78 is 42.0. The number of carbonyl (C=O) groups is 6. The molecule has 1 saturated heterocycles. The number of nitrogens with one attached hydrogen (secondary N) is 1. The number of hydrogen-bond acceptors (Lipinski definition) is 15. The molecule has 0 aromatic heterocycles. The van der Waals surface area contributed by atoms with E-state index in [1.807, 2.05) is 0 Å². The molecule has 0 unspecified atom stereocenters. The second kappa shape index (κ2) is 18.4. The number of ether oxygens (including phenoxy) is 7. The van der Waals surface area contributed by atoms with Gasteiger partial charge in [0.05, 0.1) is 48.9 Å². The summed E-state index contributed by atoms with van der Waals surface area (Å²) in [5, 5.41) is 29.0. The van der Waals surface area contributed by atoms with Gasteiger partial charge in [0, 0.05) is 30.7 Å². The van der Waals surface area contributed by atoms with Gasteiger partial charge in [0.15, 0.2) is 23.6 Å². The fraction of sp³-hybridized carbons (Fsp3) is 0.480. The van der Waals surface area contributed by atoms with Crippen molar-refractivity contribution in [2.24, 2.45) is 16.7 Å². The molecule has 3 fully saturated rings. The monoisotopic (exact) mass is 911 g/mol. The number of amides is 1. The zero-order valence-electron chi connectivity index (χ0n) is 38.2. The lowest BCUT2D eigenvalue weighted by Crippen LogP contribution is -2.82. The van der Waals surface area contributed by atoms with Crippen molar-refractivity contribution in [1.82, 2.24) is 5.32 Å². The van der Waals surface area contributed by atoms with Crippen LogP contribution >= 0.6 is 0 Å². The van der Waals surface area contributed by atoms with Gasteiger partial charge in [0.25, 0.3) is 5.91 Å². The van der Waals surface area contributed by atoms with E-state index >= 15 is 9.59 Å². The number of methoxy groups -OCH3 is 1. The number of esters is 3. The number of aliphatic hydroxyl groups is 2. The molecule has 16 heteroatoms. The van der Waals surface area contributed by atoms with Gasteiger partial charge in [-0.3, -0.25) is 14.4 Å². The molecule has 16 nitrogen and oxygen atoms in total. The molecule has 2 bridgehead atoms. The highest BCUT2D eigenvalue weighted by Gasteiger charge is 2.78. The summed E-state index contributed by atoms with van der Waals surface area (Å²) in [6.07, 6.45) is -11.8. The maximum Gasteiger partial charge on any atom is 0.508 e. The van der Waals surface area contributed by atoms with Crippen molar-refractivity contribution >= 4 is 35.8 Å². The first kappa shape index (κ1) is 48.0. The molecule has 4 aliphatic rings. The lowest BCUT2D eigenvalue weighted by Gasteiger charge is -2.67. The van der Waals surface area contributed by atoms with Gasteiger partial charge in [-0.1, -0.05) is 80.6 Å². The minimum Gasteiger partial charge on any atom is -0.456 e. The molecule has 3 aromatic carbocycles. The molecule has 7 rings (SSSR count). The summed E-state index contributed by atoms with van der Waals surface area (Å²) in [7, 11) is 1.08. The van der Waals surface area contributed by atoms with Crippen LogP contribution in [0.1, 0.15) is 93.6 Å². The Balaban J connectivity index is 1.42. The SMILES string of the molecule is COC(=O)O[C@@]12CO[C@@H]1C[C@H](O)[C@@]1(C)C(=O)[C@H](OC(C)=O)C3=C(C)[C@@H](OC(=O)[C@H](OC(C)C)[C@@H](NC(=O)c4ccccc4)c4ccccc4)C[C@@](O)([C@@H](OC(=O)c4ccccc4)[C@H]21)C3(C)C. The lowest BCUT2D eigenvalue weighted by atomic mass is 9.44. The Hall–Kier alpha value is -5.94. The highest BCUT2D eigenvalue weighted by molar-refractivity contribution is 5.96. The van der Waals surface area contributed by atoms with Crippen molar-refractivity contribution in [2.75, 3.05) is 13.7 Å². The van der Waals surface area contributed by atoms with Crippen LogP contribution in [0.15, 0.2) is 102 Å². The molecule has 3 aliphatic carbocycles. The molecular weight excluding hydrogens is 855 g/mol. The molecule has 0 spiro atoms. The van der Waals surface area contributed by atoms with Crippen LogP contribution in [0.3, 0.4) is 0 Å². The first-order valence-corrected chi connectivity index (χ1v) is 22.0. The third-order valence-electron chi connectivity index (χ3n) is 14.0. The Kier molecular flexibility index (Phi) is 13.4. The molecule has 1 amide bonds. The van der Waals surface area contributed by atoms with E-state index in [1.54, 1.807) is 113 Å². The predicted octanol–water partition coefficient (Wildman–Crippen LogP) is 5.39. The maximum absolute atomic E-state index is 15.7. The van der Waals surface area contributed by atoms with Crippen LogP contribution in [0.25, 0.3) is 0 Å². The van der Waals surface area contributed by atoms with E-state index in [2.05, 4.69) is 5.32 Å². The fourth-order valence-corrected chi connectivity index (χ4v) is 10.5. The summed E-state index contributed by atoms with van der Waals surface area (Å²) in [4.78, 5) is 85.2. The number of benzene rings is 3. The number of carbonyl (C=O) groups excluding carboxylic acids is 6. The minimum atomic E-state index is -2.40. The maximum atomic E-state index is 15.7. The van der Waals surface area contributed by atoms with Crippen molar-refractivity contribution in [3.63, 3.8) is 0 Å². The molecule has 1 heterocycles. The number of ketones is 1. The van der Waals surface area contributed by atoms with Crippen LogP contribution in [0, 0.1) is 16.7 Å². The minimum absolute atomic E-state index is 0.0233. The number of aliphatic hydroxyl groups excluding tert-OH is 1. The molecule has 3 aromatic rings. The van der Waals surface area contributed by atoms with Crippen molar-refractivity contribution in [1.29, 1.82) is 0 Å². The van der Waals surface area contributed by atoms with Crippen LogP contribution in [-0.4, -0.2) is 114 Å². The second-order valence-corrected chi connectivity index (χ2v) is 18.5. The summed E-state index contributed by atoms with van der Waals surface area (Å²) in [5.41, 5.74) is -6.92. The first-order chi connectivity index (χ1) is 31.2. The zero-order valence-corrected chi connectivity index (χ0v) is 38.2. The Labute approximate surface area is 382 Å². The quantitative estimate of drug-likeness (QED) is 0.118. The van der Waals surface area contributed by atoms with E-state index in [0.29, 0.717) is 11.1 Å². The standard InChI is InChI=1S/C50H57NO15/c1-27(2)62-39(37(30-18-12-9-13-19-30)51-43(55)31-20-14-10-15-21-31)45(57)64-33-25-50(59)42(65-44(56)32-22-16-11-17-23-32)40-48(7,34(53)24-35-49(40,26-61-35)66-46(58)60-8)41(54)38(63-29(4)52)36(28(33)3)47(50,5)6/h9-23,27,33-35,37-40,42,53,59H,24-26H2,1-8H3,(H,51,55)/t33-,34-,35+,37-,38+,39+,40-,42-,48+,49-,50+/m0/s1. The molecular formula is C50H57NO15. The average Bonchev–Trinajstić information content (AvgIpc) is 3.28. The third-order valence-corrected chi connectivity index (χ3v) is 14.0. The Morgan fingerprint density at radius 1 is 0.848 bits per heavy atom. The van der Waals surface area contributed by atoms with Gasteiger partial charge in [-0.2, -0.15) is 0 Å². The second-order valence-electron chi connectivity index (χ2n) is 18.5. The summed E-state index contributed by atoms with van der Waals surface area (Å²) in [6.45, 7) is 10.3. The lowest BCUT2D eigenvalue weighted by molar-refractivity contribution is -0.344. The van der Waals surface area contributed by atoms with Gasteiger partial charge in [-0.25, -0.2) is 14.4 Å². The smallest absolute Gasteiger partial charge is 0.456 e. The Morgan fingerprint density at radius 2 is 1.44 bits per heavy atom. The van der Waals surface area contributed by atoms with Gasteiger partial charge in [-0.15, -0.1) is 0 Å². The topological polar surface area (TPSA) is 220 Å². The number of rotatable bonds is 12. The predicted molar refractivity (Wildman–Crippen MR) is 233 cm³/mol. The average molecular weight is 912 g/mol. The van der Waals surface area contributed by atoms with Gasteiger partial charge < -0.3 is 48.7 Å². The van der Waals surface area contributed by atoms with E-state index in [1.165, 1.54) is 19.1 Å². The van der Waals surface area contributed by atoms with Crippen molar-refractivity contribution in [2.45, 2.75) is 121 Å². The third kappa shape index (κ3) is 8.28. The molecule has 3 N–H and O–H groups in total. The largest absolute Gasteiger partial charge is 0.508 e. The van der Waals surface area contributed by atoms with Crippen molar-refractivity contribution < 1.29 is 72.1 Å². The Morgan fingerprint density at radius 3 is 1.98 bits per heavy atom. The highest BCUT2D eigenvalue weighted by Crippen LogP contribution is 2.64. The zero-order chi connectivity index (χ0) is 47.9. The van der Waals surface area contributed by atoms with Gasteiger partial charge >= 0.3 is 24.1 Å². The summed E-state index contributed by atoms with van der Waals surface area (Å²) in [5.74, 6) is -5.78. The molecule has 0 radical (unpaired) electrons. The van der Waals surface area contributed by atoms with Crippen LogP contribution in [0.2, 0.25) is 0 Å². The van der Waals surface area contributed by atoms with Gasteiger partial charge in [0.2, 0.25) is 0 Å². The van der Waals surface area contributed by atoms with E-state index in [4.69, 9.17) is 33.2 Å². The van der Waals surface area contributed by atoms with Crippen LogP contribution < -0.4 is 5.32 Å². The van der Waals surface area contributed by atoms with E-state index in [0.717, 1.165) is 14.0 Å². The van der Waals surface area contributed by atoms with E-state index in [-0.39, 0.29) is 29.7 Å². The molecule has 2 saturated carbocycles. The van der Waals surface area contributed by atoms with Gasteiger partial charge in [-0.05, 0) is 68.7 Å². The van der Waals surface area contributed by atoms with Crippen molar-refractivity contribution in [3.05, 3.63) is 119 Å². The molecule has 66 heavy (non-hydrogen) atoms. The number of Topliss-reactive ketones (excluding diaryl/α,β-unsaturated/α-hetero) is 1. The highest BCUT2D eigenvalue weighted by atomic mass is 16.8. The summed E-state index contributed by atoms with van der Waals surface area (Å²) in [6, 6.07) is 23.8.